The highest BCUT2D eigenvalue weighted by Gasteiger charge is 2.13. The molecule has 1 aromatic rings. The van der Waals surface area contributed by atoms with Crippen LogP contribution < -0.4 is 5.32 Å². The lowest BCUT2D eigenvalue weighted by Gasteiger charge is -2.19. The molecule has 1 aromatic carbocycles. The van der Waals surface area contributed by atoms with Crippen LogP contribution in [0.5, 0.6) is 0 Å². The third-order valence-electron chi connectivity index (χ3n) is 2.06. The molecule has 0 spiro atoms. The fourth-order valence-corrected chi connectivity index (χ4v) is 1.20. The third-order valence-corrected chi connectivity index (χ3v) is 2.37. The summed E-state index contributed by atoms with van der Waals surface area (Å²) >= 11 is 5.79. The van der Waals surface area contributed by atoms with Crippen molar-refractivity contribution >= 4 is 17.3 Å². The van der Waals surface area contributed by atoms with Crippen LogP contribution in [0.15, 0.2) is 18.2 Å². The average molecular weight is 218 g/mol. The first-order valence-electron chi connectivity index (χ1n) is 4.41. The number of rotatable bonds is 3. The van der Waals surface area contributed by atoms with Crippen molar-refractivity contribution in [3.63, 3.8) is 0 Å². The molecule has 2 N–H and O–H groups in total. The molecular weight excluding hydrogens is 205 g/mol. The molecule has 0 aliphatic heterocycles. The van der Waals surface area contributed by atoms with Gasteiger partial charge in [-0.2, -0.15) is 0 Å². The zero-order chi connectivity index (χ0) is 10.7. The molecule has 0 bridgehead atoms. The summed E-state index contributed by atoms with van der Waals surface area (Å²) in [4.78, 5) is 0. The number of anilines is 1. The van der Waals surface area contributed by atoms with Crippen LogP contribution in [-0.2, 0) is 0 Å². The molecule has 4 heteroatoms. The topological polar surface area (TPSA) is 32.3 Å². The summed E-state index contributed by atoms with van der Waals surface area (Å²) in [6.45, 7) is 3.39. The molecule has 0 saturated heterocycles. The minimum Gasteiger partial charge on any atom is -0.391 e. The van der Waals surface area contributed by atoms with E-state index in [0.717, 1.165) is 0 Å². The molecule has 0 heterocycles. The van der Waals surface area contributed by atoms with E-state index in [-0.39, 0.29) is 11.7 Å². The Bertz CT molecular complexity index is 297. The van der Waals surface area contributed by atoms with Gasteiger partial charge in [-0.25, -0.2) is 4.39 Å². The van der Waals surface area contributed by atoms with Crippen molar-refractivity contribution in [2.45, 2.75) is 26.0 Å². The summed E-state index contributed by atoms with van der Waals surface area (Å²) in [5.41, 5.74) is 0.238. The minimum absolute atomic E-state index is 0.238. The molecule has 0 aromatic heterocycles. The monoisotopic (exact) mass is 217 g/mol. The molecule has 0 amide bonds. The van der Waals surface area contributed by atoms with Crippen molar-refractivity contribution in [2.75, 3.05) is 5.32 Å². The molecule has 0 aliphatic carbocycles. The van der Waals surface area contributed by atoms with Crippen molar-refractivity contribution < 1.29 is 9.50 Å². The predicted octanol–water partition coefficient (Wildman–Crippen LogP) is 2.66. The quantitative estimate of drug-likeness (QED) is 0.816. The summed E-state index contributed by atoms with van der Waals surface area (Å²) < 4.78 is 13.2. The van der Waals surface area contributed by atoms with Gasteiger partial charge in [0.2, 0.25) is 0 Å². The molecule has 2 unspecified atom stereocenters. The molecule has 1 rings (SSSR count). The number of benzene rings is 1. The lowest BCUT2D eigenvalue weighted by atomic mass is 10.2. The maximum Gasteiger partial charge on any atom is 0.147 e. The van der Waals surface area contributed by atoms with Gasteiger partial charge in [0.25, 0.3) is 0 Å². The maximum atomic E-state index is 13.2. The summed E-state index contributed by atoms with van der Waals surface area (Å²) in [7, 11) is 0. The van der Waals surface area contributed by atoms with Crippen LogP contribution >= 0.6 is 11.6 Å². The molecule has 2 nitrogen and oxygen atoms in total. The van der Waals surface area contributed by atoms with Crippen LogP contribution in [0.3, 0.4) is 0 Å². The molecule has 14 heavy (non-hydrogen) atoms. The van der Waals surface area contributed by atoms with Gasteiger partial charge in [-0.15, -0.1) is 0 Å². The van der Waals surface area contributed by atoms with E-state index in [4.69, 9.17) is 11.6 Å². The Hall–Kier alpha value is -0.800. The molecule has 78 valence electrons. The Labute approximate surface area is 87.7 Å². The number of para-hydroxylation sites is 1. The summed E-state index contributed by atoms with van der Waals surface area (Å²) in [5, 5.41) is 12.4. The smallest absolute Gasteiger partial charge is 0.147 e. The van der Waals surface area contributed by atoms with Crippen LogP contribution in [0.4, 0.5) is 10.1 Å². The SMILES string of the molecule is CC(O)C(C)Nc1c(F)cccc1Cl. The van der Waals surface area contributed by atoms with Gasteiger partial charge in [0.15, 0.2) is 0 Å². The largest absolute Gasteiger partial charge is 0.391 e. The predicted molar refractivity (Wildman–Crippen MR) is 56.2 cm³/mol. The Morgan fingerprint density at radius 1 is 1.43 bits per heavy atom. The van der Waals surface area contributed by atoms with Crippen LogP contribution in [0.25, 0.3) is 0 Å². The van der Waals surface area contributed by atoms with Crippen LogP contribution in [0, 0.1) is 5.82 Å². The van der Waals surface area contributed by atoms with Crippen molar-refractivity contribution in [1.29, 1.82) is 0 Å². The van der Waals surface area contributed by atoms with Gasteiger partial charge in [0, 0.05) is 6.04 Å². The van der Waals surface area contributed by atoms with Crippen LogP contribution in [0.1, 0.15) is 13.8 Å². The summed E-state index contributed by atoms with van der Waals surface area (Å²) in [5.74, 6) is -0.412. The highest BCUT2D eigenvalue weighted by atomic mass is 35.5. The maximum absolute atomic E-state index is 13.2. The highest BCUT2D eigenvalue weighted by molar-refractivity contribution is 6.33. The van der Waals surface area contributed by atoms with E-state index in [0.29, 0.717) is 5.02 Å². The van der Waals surface area contributed by atoms with E-state index in [1.54, 1.807) is 19.9 Å². The highest BCUT2D eigenvalue weighted by Crippen LogP contribution is 2.25. The molecule has 0 aliphatic rings. The fraction of sp³-hybridized carbons (Fsp3) is 0.400. The van der Waals surface area contributed by atoms with E-state index in [2.05, 4.69) is 5.32 Å². The number of nitrogens with one attached hydrogen (secondary N) is 1. The molecule has 0 radical (unpaired) electrons. The molecular formula is C10H13ClFNO. The summed E-state index contributed by atoms with van der Waals surface area (Å²) in [6, 6.07) is 4.21. The van der Waals surface area contributed by atoms with Gasteiger partial charge < -0.3 is 10.4 Å². The van der Waals surface area contributed by atoms with Gasteiger partial charge in [-0.05, 0) is 26.0 Å². The van der Waals surface area contributed by atoms with Crippen molar-refractivity contribution in [1.82, 2.24) is 0 Å². The van der Waals surface area contributed by atoms with Crippen LogP contribution in [-0.4, -0.2) is 17.3 Å². The van der Waals surface area contributed by atoms with Gasteiger partial charge in [0.1, 0.15) is 5.82 Å². The van der Waals surface area contributed by atoms with Crippen molar-refractivity contribution in [3.8, 4) is 0 Å². The zero-order valence-corrected chi connectivity index (χ0v) is 8.85. The fourth-order valence-electron chi connectivity index (χ4n) is 0.984. The molecule has 2 atom stereocenters. The first-order chi connectivity index (χ1) is 6.52. The second-order valence-corrected chi connectivity index (χ2v) is 3.68. The lowest BCUT2D eigenvalue weighted by Crippen LogP contribution is -2.28. The Morgan fingerprint density at radius 2 is 2.07 bits per heavy atom. The van der Waals surface area contributed by atoms with Gasteiger partial charge >= 0.3 is 0 Å². The van der Waals surface area contributed by atoms with Gasteiger partial charge in [-0.1, -0.05) is 17.7 Å². The van der Waals surface area contributed by atoms with Crippen molar-refractivity contribution in [2.24, 2.45) is 0 Å². The van der Waals surface area contributed by atoms with Crippen LogP contribution in [0.2, 0.25) is 5.02 Å². The van der Waals surface area contributed by atoms with E-state index in [9.17, 15) is 9.50 Å². The lowest BCUT2D eigenvalue weighted by molar-refractivity contribution is 0.177. The first kappa shape index (κ1) is 11.3. The second kappa shape index (κ2) is 4.62. The number of halogens is 2. The van der Waals surface area contributed by atoms with Gasteiger partial charge in [-0.3, -0.25) is 0 Å². The zero-order valence-electron chi connectivity index (χ0n) is 8.09. The molecule has 0 saturated carbocycles. The average Bonchev–Trinajstić information content (AvgIpc) is 2.11. The normalized spacial score (nSPS) is 14.9. The van der Waals surface area contributed by atoms with E-state index in [1.807, 2.05) is 0 Å². The molecule has 0 fully saturated rings. The first-order valence-corrected chi connectivity index (χ1v) is 4.78. The Morgan fingerprint density at radius 3 is 2.57 bits per heavy atom. The number of hydrogen-bond acceptors (Lipinski definition) is 2. The Kier molecular flexibility index (Phi) is 3.72. The number of hydrogen-bond donors (Lipinski definition) is 2. The Balaban J connectivity index is 2.85. The van der Waals surface area contributed by atoms with E-state index < -0.39 is 11.9 Å². The second-order valence-electron chi connectivity index (χ2n) is 3.27. The third kappa shape index (κ3) is 2.59. The van der Waals surface area contributed by atoms with E-state index >= 15 is 0 Å². The van der Waals surface area contributed by atoms with E-state index in [1.165, 1.54) is 12.1 Å². The number of aliphatic hydroxyl groups excluding tert-OH is 1. The van der Waals surface area contributed by atoms with Crippen molar-refractivity contribution in [3.05, 3.63) is 29.0 Å². The number of aliphatic hydroxyl groups is 1. The summed E-state index contributed by atoms with van der Waals surface area (Å²) in [6.07, 6.45) is -0.564. The van der Waals surface area contributed by atoms with Gasteiger partial charge in [0.05, 0.1) is 16.8 Å². The standard InChI is InChI=1S/C10H13ClFNO/c1-6(7(2)14)13-10-8(11)4-3-5-9(10)12/h3-7,13-14H,1-2H3. The minimum atomic E-state index is -0.564.